The number of rotatable bonds is 7. The van der Waals surface area contributed by atoms with Crippen LogP contribution in [0.25, 0.3) is 0 Å². The van der Waals surface area contributed by atoms with E-state index in [0.717, 1.165) is 16.7 Å². The van der Waals surface area contributed by atoms with Gasteiger partial charge < -0.3 is 9.67 Å². The van der Waals surface area contributed by atoms with Crippen LogP contribution in [-0.4, -0.2) is 26.1 Å². The van der Waals surface area contributed by atoms with Gasteiger partial charge in [-0.15, -0.1) is 0 Å². The van der Waals surface area contributed by atoms with E-state index in [9.17, 15) is 9.50 Å². The fourth-order valence-corrected chi connectivity index (χ4v) is 4.20. The van der Waals surface area contributed by atoms with E-state index in [1.54, 1.807) is 12.5 Å². The summed E-state index contributed by atoms with van der Waals surface area (Å²) in [5.41, 5.74) is 2.67. The molecule has 2 atom stereocenters. The molecule has 30 heavy (non-hydrogen) atoms. The maximum atomic E-state index is 14.9. The number of halogens is 2. The smallest absolute Gasteiger partial charge is 0.158 e. The standard InChI is InChI=1S/C25H22BrFN2O/c26-22(17-30)24(27)23-16-29(18-28-23)25(19-10-4-1-5-11-19,20-12-6-2-7-13-20)21-14-8-3-9-15-21/h1-16,18,22,24,30H,17H2/t22-,24-/m0/s1. The van der Waals surface area contributed by atoms with Crippen molar-refractivity contribution in [1.82, 2.24) is 9.55 Å². The van der Waals surface area contributed by atoms with Crippen LogP contribution in [0.15, 0.2) is 104 Å². The van der Waals surface area contributed by atoms with Gasteiger partial charge in [-0.1, -0.05) is 107 Å². The maximum absolute atomic E-state index is 14.9. The van der Waals surface area contributed by atoms with E-state index in [1.165, 1.54) is 0 Å². The number of aromatic nitrogens is 2. The second-order valence-electron chi connectivity index (χ2n) is 7.11. The zero-order valence-corrected chi connectivity index (χ0v) is 17.9. The van der Waals surface area contributed by atoms with Crippen molar-refractivity contribution in [2.45, 2.75) is 16.5 Å². The molecule has 1 heterocycles. The molecule has 0 saturated carbocycles. The SMILES string of the molecule is OC[C@H](Br)[C@H](F)c1cn(C(c2ccccc2)(c2ccccc2)c2ccccc2)cn1. The van der Waals surface area contributed by atoms with Gasteiger partial charge in [-0.3, -0.25) is 0 Å². The molecule has 5 heteroatoms. The van der Waals surface area contributed by atoms with Crippen molar-refractivity contribution in [1.29, 1.82) is 0 Å². The van der Waals surface area contributed by atoms with Crippen molar-refractivity contribution in [3.05, 3.63) is 126 Å². The van der Waals surface area contributed by atoms with Crippen molar-refractivity contribution in [3.8, 4) is 0 Å². The summed E-state index contributed by atoms with van der Waals surface area (Å²) in [5, 5.41) is 9.35. The lowest BCUT2D eigenvalue weighted by molar-refractivity contribution is 0.231. The highest BCUT2D eigenvalue weighted by Gasteiger charge is 2.39. The van der Waals surface area contributed by atoms with E-state index >= 15 is 0 Å². The second-order valence-corrected chi connectivity index (χ2v) is 8.29. The van der Waals surface area contributed by atoms with Crippen LogP contribution in [0.2, 0.25) is 0 Å². The quantitative estimate of drug-likeness (QED) is 0.290. The van der Waals surface area contributed by atoms with E-state index in [0.29, 0.717) is 0 Å². The summed E-state index contributed by atoms with van der Waals surface area (Å²) in [6, 6.07) is 30.4. The van der Waals surface area contributed by atoms with Gasteiger partial charge in [-0.05, 0) is 16.7 Å². The highest BCUT2D eigenvalue weighted by atomic mass is 79.9. The van der Waals surface area contributed by atoms with Gasteiger partial charge >= 0.3 is 0 Å². The fraction of sp³-hybridized carbons (Fsp3) is 0.160. The number of benzene rings is 3. The molecule has 0 bridgehead atoms. The minimum atomic E-state index is -1.42. The first kappa shape index (κ1) is 20.5. The molecule has 0 aliphatic carbocycles. The summed E-state index contributed by atoms with van der Waals surface area (Å²) < 4.78 is 16.8. The predicted molar refractivity (Wildman–Crippen MR) is 120 cm³/mol. The molecule has 1 N–H and O–H groups in total. The molecule has 1 aromatic heterocycles. The van der Waals surface area contributed by atoms with Crippen molar-refractivity contribution < 1.29 is 9.50 Å². The number of alkyl halides is 2. The Bertz CT molecular complexity index is 973. The highest BCUT2D eigenvalue weighted by Crippen LogP contribution is 2.41. The van der Waals surface area contributed by atoms with Gasteiger partial charge in [0, 0.05) is 6.20 Å². The van der Waals surface area contributed by atoms with Crippen LogP contribution in [0, 0.1) is 0 Å². The second kappa shape index (κ2) is 8.94. The molecular formula is C25H22BrFN2O. The van der Waals surface area contributed by atoms with Crippen LogP contribution in [0.4, 0.5) is 4.39 Å². The minimum Gasteiger partial charge on any atom is -0.395 e. The van der Waals surface area contributed by atoms with Crippen molar-refractivity contribution >= 4 is 15.9 Å². The molecule has 0 amide bonds. The lowest BCUT2D eigenvalue weighted by Gasteiger charge is -2.37. The summed E-state index contributed by atoms with van der Waals surface area (Å²) in [6.45, 7) is -0.310. The maximum Gasteiger partial charge on any atom is 0.158 e. The molecule has 3 nitrogen and oxygen atoms in total. The third kappa shape index (κ3) is 3.59. The third-order valence-corrected chi connectivity index (χ3v) is 6.09. The van der Waals surface area contributed by atoms with Crippen LogP contribution >= 0.6 is 15.9 Å². The van der Waals surface area contributed by atoms with Crippen LogP contribution in [0.5, 0.6) is 0 Å². The Morgan fingerprint density at radius 3 is 1.67 bits per heavy atom. The van der Waals surface area contributed by atoms with Gasteiger partial charge in [0.2, 0.25) is 0 Å². The largest absolute Gasteiger partial charge is 0.395 e. The number of aliphatic hydroxyl groups excluding tert-OH is 1. The van der Waals surface area contributed by atoms with Gasteiger partial charge in [0.05, 0.1) is 23.5 Å². The third-order valence-electron chi connectivity index (χ3n) is 5.34. The summed E-state index contributed by atoms with van der Waals surface area (Å²) in [7, 11) is 0. The summed E-state index contributed by atoms with van der Waals surface area (Å²) >= 11 is 3.20. The summed E-state index contributed by atoms with van der Waals surface area (Å²) in [5.74, 6) is 0. The predicted octanol–water partition coefficient (Wildman–Crippen LogP) is 5.49. The number of aliphatic hydroxyl groups is 1. The topological polar surface area (TPSA) is 38.0 Å². The van der Waals surface area contributed by atoms with E-state index in [1.807, 2.05) is 59.2 Å². The molecule has 0 aliphatic rings. The minimum absolute atomic E-state index is 0.276. The van der Waals surface area contributed by atoms with E-state index in [2.05, 4.69) is 57.3 Å². The normalized spacial score (nSPS) is 13.7. The van der Waals surface area contributed by atoms with E-state index in [4.69, 9.17) is 0 Å². The van der Waals surface area contributed by atoms with Gasteiger partial charge in [0.25, 0.3) is 0 Å². The van der Waals surface area contributed by atoms with Crippen molar-refractivity contribution in [3.63, 3.8) is 0 Å². The number of hydrogen-bond donors (Lipinski definition) is 1. The molecular weight excluding hydrogens is 443 g/mol. The first-order chi connectivity index (χ1) is 14.7. The first-order valence-electron chi connectivity index (χ1n) is 9.78. The van der Waals surface area contributed by atoms with E-state index in [-0.39, 0.29) is 12.3 Å². The molecule has 0 unspecified atom stereocenters. The van der Waals surface area contributed by atoms with E-state index < -0.39 is 16.5 Å². The van der Waals surface area contributed by atoms with Gasteiger partial charge in [-0.2, -0.15) is 0 Å². The van der Waals surface area contributed by atoms with Crippen LogP contribution in [-0.2, 0) is 5.54 Å². The number of hydrogen-bond acceptors (Lipinski definition) is 2. The Hall–Kier alpha value is -2.76. The Balaban J connectivity index is 2.00. The molecule has 0 saturated heterocycles. The highest BCUT2D eigenvalue weighted by molar-refractivity contribution is 9.09. The van der Waals surface area contributed by atoms with Crippen LogP contribution in [0.1, 0.15) is 28.6 Å². The van der Waals surface area contributed by atoms with Gasteiger partial charge in [0.15, 0.2) is 6.17 Å². The molecule has 4 rings (SSSR count). The Morgan fingerprint density at radius 1 is 0.833 bits per heavy atom. The van der Waals surface area contributed by atoms with Crippen LogP contribution < -0.4 is 0 Å². The Kier molecular flexibility index (Phi) is 6.11. The fourth-order valence-electron chi connectivity index (χ4n) is 3.93. The summed E-state index contributed by atoms with van der Waals surface area (Å²) in [6.07, 6.45) is 1.99. The molecule has 0 radical (unpaired) electrons. The molecule has 0 fully saturated rings. The Morgan fingerprint density at radius 2 is 1.27 bits per heavy atom. The molecule has 0 aliphatic heterocycles. The first-order valence-corrected chi connectivity index (χ1v) is 10.7. The van der Waals surface area contributed by atoms with Crippen molar-refractivity contribution in [2.75, 3.05) is 6.61 Å². The molecule has 152 valence electrons. The lowest BCUT2D eigenvalue weighted by atomic mass is 9.77. The zero-order valence-electron chi connectivity index (χ0n) is 16.3. The van der Waals surface area contributed by atoms with Gasteiger partial charge in [-0.25, -0.2) is 9.37 Å². The average Bonchev–Trinajstić information content (AvgIpc) is 3.31. The van der Waals surface area contributed by atoms with Gasteiger partial charge in [0.1, 0.15) is 5.54 Å². The number of nitrogens with zero attached hydrogens (tertiary/aromatic N) is 2. The summed E-state index contributed by atoms with van der Waals surface area (Å²) in [4.78, 5) is 3.67. The molecule has 4 aromatic rings. The monoisotopic (exact) mass is 464 g/mol. The molecule has 0 spiro atoms. The zero-order chi connectivity index (χ0) is 21.0. The lowest BCUT2D eigenvalue weighted by Crippen LogP contribution is -2.37. The van der Waals surface area contributed by atoms with Crippen molar-refractivity contribution in [2.24, 2.45) is 0 Å². The number of imidazole rings is 1. The van der Waals surface area contributed by atoms with Crippen LogP contribution in [0.3, 0.4) is 0 Å². The Labute approximate surface area is 184 Å². The average molecular weight is 465 g/mol. The molecule has 3 aromatic carbocycles.